The Labute approximate surface area is 173 Å². The van der Waals surface area contributed by atoms with Crippen LogP contribution in [0.2, 0.25) is 0 Å². The van der Waals surface area contributed by atoms with Crippen molar-refractivity contribution in [1.82, 2.24) is 0 Å². The monoisotopic (exact) mass is 414 g/mol. The Morgan fingerprint density at radius 3 is 1.47 bits per heavy atom. The van der Waals surface area contributed by atoms with Gasteiger partial charge in [0.2, 0.25) is 0 Å². The van der Waals surface area contributed by atoms with Gasteiger partial charge in [-0.2, -0.15) is 0 Å². The summed E-state index contributed by atoms with van der Waals surface area (Å²) < 4.78 is 33.2. The molecule has 2 saturated heterocycles. The first kappa shape index (κ1) is 20.5. The Morgan fingerprint density at radius 2 is 1.07 bits per heavy atom. The number of carbonyl (C=O) groups is 2. The highest BCUT2D eigenvalue weighted by molar-refractivity contribution is 5.89. The zero-order valence-electron chi connectivity index (χ0n) is 16.2. The molecule has 2 aliphatic rings. The summed E-state index contributed by atoms with van der Waals surface area (Å²) in [6.45, 7) is -0.00129. The molecule has 0 amide bonds. The molecule has 2 fully saturated rings. The first-order valence-corrected chi connectivity index (χ1v) is 9.63. The molecule has 0 N–H and O–H groups in total. The molecule has 2 aromatic rings. The summed E-state index contributed by atoms with van der Waals surface area (Å²) in [7, 11) is 0. The van der Waals surface area contributed by atoms with Crippen LogP contribution in [0.4, 0.5) is 0 Å². The normalized spacial score (nSPS) is 25.7. The third kappa shape index (κ3) is 4.85. The summed E-state index contributed by atoms with van der Waals surface area (Å²) in [6, 6.07) is 17.4. The van der Waals surface area contributed by atoms with E-state index in [-0.39, 0.29) is 26.8 Å². The third-order valence-electron chi connectivity index (χ3n) is 4.92. The highest BCUT2D eigenvalue weighted by Gasteiger charge is 2.45. The number of rotatable bonds is 6. The number of hydrogen-bond acceptors (Lipinski definition) is 8. The van der Waals surface area contributed by atoms with Gasteiger partial charge in [-0.05, 0) is 24.3 Å². The Morgan fingerprint density at radius 1 is 0.667 bits per heavy atom. The van der Waals surface area contributed by atoms with E-state index in [1.54, 1.807) is 48.5 Å². The van der Waals surface area contributed by atoms with Crippen LogP contribution >= 0.6 is 0 Å². The van der Waals surface area contributed by atoms with E-state index in [9.17, 15) is 9.59 Å². The van der Waals surface area contributed by atoms with Crippen molar-refractivity contribution in [1.29, 1.82) is 0 Å². The first-order chi connectivity index (χ1) is 14.7. The van der Waals surface area contributed by atoms with Gasteiger partial charge in [0.15, 0.2) is 0 Å². The molecule has 0 unspecified atom stereocenters. The van der Waals surface area contributed by atoms with E-state index in [4.69, 9.17) is 28.4 Å². The number of hydrogen-bond donors (Lipinski definition) is 0. The van der Waals surface area contributed by atoms with Gasteiger partial charge >= 0.3 is 11.9 Å². The number of benzene rings is 2. The second-order valence-electron chi connectivity index (χ2n) is 6.84. The van der Waals surface area contributed by atoms with Gasteiger partial charge in [0.1, 0.15) is 51.2 Å². The van der Waals surface area contributed by atoms with Crippen LogP contribution < -0.4 is 0 Å². The SMILES string of the molecule is O=C(OC[C@@H]1OCO[C@H]2[C@@H]1OCO[C@H]2COC(=O)c1ccccc1)c1ccccc1. The largest absolute Gasteiger partial charge is 0.459 e. The lowest BCUT2D eigenvalue weighted by Crippen LogP contribution is -2.59. The van der Waals surface area contributed by atoms with Gasteiger partial charge in [-0.1, -0.05) is 36.4 Å². The van der Waals surface area contributed by atoms with Crippen LogP contribution in [-0.4, -0.2) is 63.2 Å². The number of esters is 2. The molecule has 0 aromatic heterocycles. The van der Waals surface area contributed by atoms with Crippen molar-refractivity contribution < 1.29 is 38.0 Å². The van der Waals surface area contributed by atoms with E-state index in [0.29, 0.717) is 11.1 Å². The van der Waals surface area contributed by atoms with Crippen molar-refractivity contribution in [3.63, 3.8) is 0 Å². The van der Waals surface area contributed by atoms with Crippen LogP contribution in [0.15, 0.2) is 60.7 Å². The molecule has 0 radical (unpaired) electrons. The zero-order valence-corrected chi connectivity index (χ0v) is 16.2. The van der Waals surface area contributed by atoms with Crippen LogP contribution in [0.3, 0.4) is 0 Å². The van der Waals surface area contributed by atoms with Crippen molar-refractivity contribution in [2.45, 2.75) is 24.4 Å². The summed E-state index contributed by atoms with van der Waals surface area (Å²) in [6.07, 6.45) is -2.08. The van der Waals surface area contributed by atoms with Crippen LogP contribution in [-0.2, 0) is 28.4 Å². The van der Waals surface area contributed by atoms with Crippen LogP contribution in [0.5, 0.6) is 0 Å². The van der Waals surface area contributed by atoms with Crippen molar-refractivity contribution in [3.8, 4) is 0 Å². The van der Waals surface area contributed by atoms with E-state index in [0.717, 1.165) is 0 Å². The van der Waals surface area contributed by atoms with Crippen LogP contribution in [0.25, 0.3) is 0 Å². The second-order valence-corrected chi connectivity index (χ2v) is 6.84. The number of fused-ring (bicyclic) bond motifs is 1. The Bertz CT molecular complexity index is 769. The first-order valence-electron chi connectivity index (χ1n) is 9.63. The zero-order chi connectivity index (χ0) is 20.8. The van der Waals surface area contributed by atoms with Gasteiger partial charge < -0.3 is 28.4 Å². The predicted molar refractivity (Wildman–Crippen MR) is 103 cm³/mol. The van der Waals surface area contributed by atoms with Gasteiger partial charge in [-0.3, -0.25) is 0 Å². The molecule has 4 atom stereocenters. The third-order valence-corrected chi connectivity index (χ3v) is 4.92. The Hall–Kier alpha value is -2.78. The van der Waals surface area contributed by atoms with E-state index in [1.165, 1.54) is 0 Å². The van der Waals surface area contributed by atoms with Gasteiger partial charge in [0, 0.05) is 0 Å². The summed E-state index contributed by atoms with van der Waals surface area (Å²) in [5, 5.41) is 0. The fraction of sp³-hybridized carbons (Fsp3) is 0.364. The number of ether oxygens (including phenoxy) is 6. The summed E-state index contributed by atoms with van der Waals surface area (Å²) in [4.78, 5) is 24.4. The Kier molecular flexibility index (Phi) is 6.70. The molecule has 158 valence electrons. The van der Waals surface area contributed by atoms with Gasteiger partial charge in [-0.15, -0.1) is 0 Å². The van der Waals surface area contributed by atoms with Gasteiger partial charge in [-0.25, -0.2) is 9.59 Å². The van der Waals surface area contributed by atoms with E-state index in [1.807, 2.05) is 12.1 Å². The minimum absolute atomic E-state index is 0.00871. The fourth-order valence-corrected chi connectivity index (χ4v) is 3.34. The molecule has 0 bridgehead atoms. The van der Waals surface area contributed by atoms with E-state index < -0.39 is 36.4 Å². The smallest absolute Gasteiger partial charge is 0.338 e. The molecule has 2 aromatic carbocycles. The molecular formula is C22H22O8. The van der Waals surface area contributed by atoms with Crippen molar-refractivity contribution in [2.75, 3.05) is 26.8 Å². The maximum atomic E-state index is 12.2. The molecule has 4 rings (SSSR count). The second kappa shape index (κ2) is 9.82. The van der Waals surface area contributed by atoms with Crippen LogP contribution in [0, 0.1) is 0 Å². The average molecular weight is 414 g/mol. The lowest BCUT2D eigenvalue weighted by molar-refractivity contribution is -0.328. The van der Waals surface area contributed by atoms with Crippen LogP contribution in [0.1, 0.15) is 20.7 Å². The molecule has 0 saturated carbocycles. The number of carbonyl (C=O) groups excluding carboxylic acids is 2. The molecule has 8 nitrogen and oxygen atoms in total. The van der Waals surface area contributed by atoms with Crippen molar-refractivity contribution in [2.24, 2.45) is 0 Å². The highest BCUT2D eigenvalue weighted by Crippen LogP contribution is 2.26. The quantitative estimate of drug-likeness (QED) is 0.665. The molecule has 2 heterocycles. The lowest BCUT2D eigenvalue weighted by atomic mass is 10.0. The molecular weight excluding hydrogens is 392 g/mol. The maximum Gasteiger partial charge on any atom is 0.338 e. The molecule has 2 aliphatic heterocycles. The summed E-state index contributed by atoms with van der Waals surface area (Å²) >= 11 is 0. The summed E-state index contributed by atoms with van der Waals surface area (Å²) in [5.41, 5.74) is 0.916. The topological polar surface area (TPSA) is 89.5 Å². The molecule has 0 aliphatic carbocycles. The minimum atomic E-state index is -0.521. The highest BCUT2D eigenvalue weighted by atomic mass is 16.8. The van der Waals surface area contributed by atoms with Gasteiger partial charge in [0.25, 0.3) is 0 Å². The molecule has 0 spiro atoms. The average Bonchev–Trinajstić information content (AvgIpc) is 2.82. The van der Waals surface area contributed by atoms with Crippen molar-refractivity contribution in [3.05, 3.63) is 71.8 Å². The van der Waals surface area contributed by atoms with Gasteiger partial charge in [0.05, 0.1) is 11.1 Å². The Balaban J connectivity index is 1.32. The minimum Gasteiger partial charge on any atom is -0.459 e. The standard InChI is InChI=1S/C22H22O8/c23-21(15-7-3-1-4-8-15)25-11-17-19-20(30-13-27-17)18(28-14-29-19)12-26-22(24)16-9-5-2-6-10-16/h1-10,17-20H,11-14H2/t17-,18-,19+,20+/m0/s1. The van der Waals surface area contributed by atoms with E-state index in [2.05, 4.69) is 0 Å². The molecule has 8 heteroatoms. The van der Waals surface area contributed by atoms with E-state index >= 15 is 0 Å². The fourth-order valence-electron chi connectivity index (χ4n) is 3.34. The van der Waals surface area contributed by atoms with Crippen molar-refractivity contribution >= 4 is 11.9 Å². The summed E-state index contributed by atoms with van der Waals surface area (Å²) in [5.74, 6) is -0.884. The predicted octanol–water partition coefficient (Wildman–Crippen LogP) is 2.18. The lowest BCUT2D eigenvalue weighted by Gasteiger charge is -2.43. The molecule has 30 heavy (non-hydrogen) atoms. The maximum absolute atomic E-state index is 12.2.